The van der Waals surface area contributed by atoms with Gasteiger partial charge in [-0.3, -0.25) is 0 Å². The molecule has 1 fully saturated rings. The average molecular weight is 276 g/mol. The Bertz CT molecular complexity index is 448. The topological polar surface area (TPSA) is 9.23 Å². The number of quaternary nitrogens is 1. The molecule has 0 radical (unpaired) electrons. The number of fused-ring (bicyclic) bond motifs is 2. The molecule has 0 saturated carbocycles. The third kappa shape index (κ3) is 2.37. The summed E-state index contributed by atoms with van der Waals surface area (Å²) >= 11 is 0. The van der Waals surface area contributed by atoms with Crippen LogP contribution in [-0.4, -0.2) is 44.4 Å². The van der Waals surface area contributed by atoms with Crippen molar-refractivity contribution in [3.8, 4) is 0 Å². The Hall–Kier alpha value is -0.600. The second kappa shape index (κ2) is 4.99. The first-order chi connectivity index (χ1) is 9.39. The molecule has 112 valence electrons. The van der Waals surface area contributed by atoms with E-state index in [0.29, 0.717) is 23.9 Å². The van der Waals surface area contributed by atoms with Crippen molar-refractivity contribution in [2.45, 2.75) is 33.3 Å². The van der Waals surface area contributed by atoms with Crippen LogP contribution in [0.25, 0.3) is 0 Å². The molecule has 2 nitrogen and oxygen atoms in total. The first-order valence-electron chi connectivity index (χ1n) is 8.20. The number of likely N-dealkylation sites (N-methyl/N-ethyl adjacent to an activating group) is 1. The monoisotopic (exact) mass is 276 g/mol. The summed E-state index contributed by atoms with van der Waals surface area (Å²) in [6.07, 6.45) is 6.51. The molecule has 1 aliphatic carbocycles. The predicted octanol–water partition coefficient (Wildman–Crippen LogP) is 3.26. The highest BCUT2D eigenvalue weighted by Gasteiger charge is 2.45. The van der Waals surface area contributed by atoms with Gasteiger partial charge in [-0.1, -0.05) is 31.6 Å². The number of allylic oxidation sites excluding steroid dienone is 1. The smallest absolute Gasteiger partial charge is 0.102 e. The zero-order chi connectivity index (χ0) is 14.5. The molecule has 2 heteroatoms. The van der Waals surface area contributed by atoms with E-state index in [4.69, 9.17) is 4.74 Å². The highest BCUT2D eigenvalue weighted by atomic mass is 16.5. The van der Waals surface area contributed by atoms with E-state index in [1.54, 1.807) is 11.1 Å². The third-order valence-corrected chi connectivity index (χ3v) is 5.88. The van der Waals surface area contributed by atoms with Crippen LogP contribution in [0.15, 0.2) is 23.3 Å². The Morgan fingerprint density at radius 2 is 2.00 bits per heavy atom. The fourth-order valence-corrected chi connectivity index (χ4v) is 4.73. The molecule has 20 heavy (non-hydrogen) atoms. The maximum atomic E-state index is 6.37. The Labute approximate surface area is 124 Å². The van der Waals surface area contributed by atoms with Crippen LogP contribution in [0.4, 0.5) is 0 Å². The number of rotatable bonds is 1. The van der Waals surface area contributed by atoms with E-state index < -0.39 is 0 Å². The summed E-state index contributed by atoms with van der Waals surface area (Å²) in [5.41, 5.74) is 3.11. The zero-order valence-electron chi connectivity index (χ0n) is 13.7. The molecule has 2 aliphatic heterocycles. The third-order valence-electron chi connectivity index (χ3n) is 5.88. The molecular formula is C18H30NO+. The summed E-state index contributed by atoms with van der Waals surface area (Å²) in [4.78, 5) is 0. The van der Waals surface area contributed by atoms with Gasteiger partial charge in [0.05, 0.1) is 33.4 Å². The normalized spacial score (nSPS) is 43.8. The summed E-state index contributed by atoms with van der Waals surface area (Å²) in [6, 6.07) is 0. The van der Waals surface area contributed by atoms with Gasteiger partial charge in [0.25, 0.3) is 0 Å². The van der Waals surface area contributed by atoms with Gasteiger partial charge in [-0.05, 0) is 24.7 Å². The fraction of sp³-hybridized carbons (Fsp3) is 0.778. The minimum Gasteiger partial charge on any atom is -0.373 e. The maximum Gasteiger partial charge on any atom is 0.102 e. The quantitative estimate of drug-likeness (QED) is 0.528. The van der Waals surface area contributed by atoms with Gasteiger partial charge in [0.1, 0.15) is 6.54 Å². The lowest BCUT2D eigenvalue weighted by atomic mass is 9.64. The summed E-state index contributed by atoms with van der Waals surface area (Å²) in [5, 5.41) is 0. The Morgan fingerprint density at radius 3 is 2.70 bits per heavy atom. The van der Waals surface area contributed by atoms with Crippen molar-refractivity contribution >= 4 is 0 Å². The molecule has 0 spiro atoms. The molecule has 2 bridgehead atoms. The van der Waals surface area contributed by atoms with Gasteiger partial charge in [0.2, 0.25) is 0 Å². The van der Waals surface area contributed by atoms with E-state index >= 15 is 0 Å². The molecule has 3 aliphatic rings. The minimum atomic E-state index is 0.336. The Kier molecular flexibility index (Phi) is 3.58. The molecule has 0 amide bonds. The highest BCUT2D eigenvalue weighted by molar-refractivity contribution is 5.24. The van der Waals surface area contributed by atoms with Crippen LogP contribution in [0.2, 0.25) is 0 Å². The minimum absolute atomic E-state index is 0.336. The van der Waals surface area contributed by atoms with Crippen LogP contribution in [0.5, 0.6) is 0 Å². The number of nitrogens with zero attached hydrogens (tertiary/aromatic N) is 1. The molecule has 0 N–H and O–H groups in total. The van der Waals surface area contributed by atoms with Crippen molar-refractivity contribution in [2.24, 2.45) is 23.7 Å². The van der Waals surface area contributed by atoms with Gasteiger partial charge in [-0.25, -0.2) is 0 Å². The van der Waals surface area contributed by atoms with Crippen LogP contribution in [0.1, 0.15) is 27.2 Å². The second-order valence-corrected chi connectivity index (χ2v) is 7.96. The molecule has 0 aromatic carbocycles. The first-order valence-corrected chi connectivity index (χ1v) is 8.20. The number of hydrogen-bond donors (Lipinski definition) is 0. The molecule has 0 aromatic heterocycles. The van der Waals surface area contributed by atoms with Crippen molar-refractivity contribution in [3.63, 3.8) is 0 Å². The van der Waals surface area contributed by atoms with Crippen molar-refractivity contribution in [1.29, 1.82) is 0 Å². The first kappa shape index (κ1) is 14.3. The van der Waals surface area contributed by atoms with E-state index in [2.05, 4.69) is 47.0 Å². The predicted molar refractivity (Wildman–Crippen MR) is 83.3 cm³/mol. The lowest BCUT2D eigenvalue weighted by Crippen LogP contribution is -2.51. The lowest BCUT2D eigenvalue weighted by molar-refractivity contribution is -0.887. The second-order valence-electron chi connectivity index (χ2n) is 7.96. The van der Waals surface area contributed by atoms with Gasteiger partial charge in [0, 0.05) is 17.9 Å². The summed E-state index contributed by atoms with van der Waals surface area (Å²) < 4.78 is 7.48. The molecule has 0 unspecified atom stereocenters. The zero-order valence-corrected chi connectivity index (χ0v) is 13.7. The van der Waals surface area contributed by atoms with Gasteiger partial charge in [-0.15, -0.1) is 0 Å². The average Bonchev–Trinajstić information content (AvgIpc) is 2.34. The van der Waals surface area contributed by atoms with E-state index in [1.165, 1.54) is 13.0 Å². The van der Waals surface area contributed by atoms with Crippen molar-refractivity contribution in [1.82, 2.24) is 0 Å². The number of ether oxygens (including phenoxy) is 1. The van der Waals surface area contributed by atoms with E-state index in [9.17, 15) is 0 Å². The Balaban J connectivity index is 1.88. The van der Waals surface area contributed by atoms with E-state index in [1.807, 2.05) is 0 Å². The molecule has 2 heterocycles. The lowest BCUT2D eigenvalue weighted by Gasteiger charge is -2.49. The number of hydrogen-bond acceptors (Lipinski definition) is 1. The van der Waals surface area contributed by atoms with E-state index in [0.717, 1.165) is 23.6 Å². The van der Waals surface area contributed by atoms with Crippen LogP contribution in [-0.2, 0) is 4.74 Å². The van der Waals surface area contributed by atoms with E-state index in [-0.39, 0.29) is 0 Å². The SMILES string of the molecule is CC1=C[C@H](C)[C@H]2CO[C@H](C3=CCC[N+](C)(C)C3)[C@@H]1[C@H]2C. The van der Waals surface area contributed by atoms with Crippen LogP contribution in [0, 0.1) is 23.7 Å². The molecule has 0 aromatic rings. The van der Waals surface area contributed by atoms with Crippen LogP contribution >= 0.6 is 0 Å². The van der Waals surface area contributed by atoms with Crippen molar-refractivity contribution < 1.29 is 9.22 Å². The van der Waals surface area contributed by atoms with Crippen LogP contribution < -0.4 is 0 Å². The molecule has 3 rings (SSSR count). The summed E-state index contributed by atoms with van der Waals surface area (Å²) in [5.74, 6) is 2.75. The summed E-state index contributed by atoms with van der Waals surface area (Å²) in [6.45, 7) is 10.5. The van der Waals surface area contributed by atoms with Gasteiger partial charge in [-0.2, -0.15) is 0 Å². The molecule has 5 atom stereocenters. The molecular weight excluding hydrogens is 246 g/mol. The largest absolute Gasteiger partial charge is 0.373 e. The fourth-order valence-electron chi connectivity index (χ4n) is 4.73. The van der Waals surface area contributed by atoms with Gasteiger partial charge < -0.3 is 9.22 Å². The van der Waals surface area contributed by atoms with Gasteiger partial charge in [0.15, 0.2) is 0 Å². The molecule has 1 saturated heterocycles. The standard InChI is InChI=1S/C18H30NO/c1-12-9-13(2)17-14(3)16(12)11-20-18(17)15-7-6-8-19(4,5)10-15/h7,9,12,14,16-18H,6,8,10-11H2,1-5H3/q+1/t12-,14-,16+,17-,18+/m0/s1. The summed E-state index contributed by atoms with van der Waals surface area (Å²) in [7, 11) is 4.68. The van der Waals surface area contributed by atoms with Crippen molar-refractivity contribution in [3.05, 3.63) is 23.3 Å². The van der Waals surface area contributed by atoms with Gasteiger partial charge >= 0.3 is 0 Å². The maximum absolute atomic E-state index is 6.37. The highest BCUT2D eigenvalue weighted by Crippen LogP contribution is 2.46. The Morgan fingerprint density at radius 1 is 1.25 bits per heavy atom. The van der Waals surface area contributed by atoms with Crippen molar-refractivity contribution in [2.75, 3.05) is 33.8 Å². The van der Waals surface area contributed by atoms with Crippen LogP contribution in [0.3, 0.4) is 0 Å².